The third kappa shape index (κ3) is 10.0. The molecule has 0 spiro atoms. The van der Waals surface area contributed by atoms with Crippen LogP contribution in [0.25, 0.3) is 0 Å². The van der Waals surface area contributed by atoms with Crippen molar-refractivity contribution in [3.63, 3.8) is 0 Å². The molecule has 2 atom stereocenters. The number of carbonyl (C=O) groups excluding carboxylic acids is 2. The molecule has 1 heterocycles. The molecule has 43 heavy (non-hydrogen) atoms. The lowest BCUT2D eigenvalue weighted by Crippen LogP contribution is -2.52. The fraction of sp³-hybridized carbons (Fsp3) is 0.481. The average molecular weight is 654 g/mol. The number of piperazine rings is 1. The van der Waals surface area contributed by atoms with E-state index in [9.17, 15) is 40.0 Å². The number of rotatable bonds is 11. The summed E-state index contributed by atoms with van der Waals surface area (Å²) in [4.78, 5) is 28.7. The molecule has 2 aromatic rings. The molecule has 4 N–H and O–H groups in total. The van der Waals surface area contributed by atoms with E-state index in [-0.39, 0.29) is 36.0 Å². The Morgan fingerprint density at radius 1 is 1.14 bits per heavy atom. The van der Waals surface area contributed by atoms with Crippen molar-refractivity contribution in [1.82, 2.24) is 10.2 Å². The van der Waals surface area contributed by atoms with Gasteiger partial charge in [0.25, 0.3) is 5.91 Å². The Morgan fingerprint density at radius 3 is 2.47 bits per heavy atom. The quantitative estimate of drug-likeness (QED) is 0.316. The number of carbonyl (C=O) groups is 2. The predicted octanol–water partition coefficient (Wildman–Crippen LogP) is 3.71. The van der Waals surface area contributed by atoms with Gasteiger partial charge in [-0.3, -0.25) is 14.5 Å². The summed E-state index contributed by atoms with van der Waals surface area (Å²) in [7, 11) is -3.34. The monoisotopic (exact) mass is 653 g/mol. The molecule has 1 fully saturated rings. The lowest BCUT2D eigenvalue weighted by molar-refractivity contribution is -0.139. The van der Waals surface area contributed by atoms with Gasteiger partial charge >= 0.3 is 6.18 Å². The molecule has 9 nitrogen and oxygen atoms in total. The summed E-state index contributed by atoms with van der Waals surface area (Å²) >= 11 is 6.18. The van der Waals surface area contributed by atoms with Gasteiger partial charge in [0.05, 0.1) is 35.2 Å². The summed E-state index contributed by atoms with van der Waals surface area (Å²) in [5.74, 6) is -4.85. The summed E-state index contributed by atoms with van der Waals surface area (Å²) in [5, 5.41) is 5.21. The smallest absolute Gasteiger partial charge is 0.367 e. The van der Waals surface area contributed by atoms with Crippen molar-refractivity contribution in [1.29, 1.82) is 0 Å². The molecule has 238 valence electrons. The van der Waals surface area contributed by atoms with Crippen LogP contribution >= 0.6 is 11.6 Å². The second-order valence-electron chi connectivity index (χ2n) is 10.5. The second-order valence-corrected chi connectivity index (χ2v) is 13.2. The molecular weight excluding hydrogens is 621 g/mol. The number of hydrogen-bond acceptors (Lipinski definition) is 7. The number of amides is 2. The molecule has 0 aromatic heterocycles. The van der Waals surface area contributed by atoms with Crippen LogP contribution in [0.2, 0.25) is 5.02 Å². The lowest BCUT2D eigenvalue weighted by atomic mass is 10.1. The van der Waals surface area contributed by atoms with Crippen molar-refractivity contribution < 1.29 is 40.0 Å². The maximum Gasteiger partial charge on any atom is 0.390 e. The van der Waals surface area contributed by atoms with Crippen molar-refractivity contribution in [3.05, 3.63) is 58.1 Å². The summed E-state index contributed by atoms with van der Waals surface area (Å²) < 4.78 is 90.4. The van der Waals surface area contributed by atoms with E-state index in [1.807, 2.05) is 4.90 Å². The number of nitrogens with zero attached hydrogens (tertiary/aromatic N) is 2. The highest BCUT2D eigenvalue weighted by atomic mass is 35.5. The van der Waals surface area contributed by atoms with Gasteiger partial charge < -0.3 is 21.3 Å². The van der Waals surface area contributed by atoms with Crippen molar-refractivity contribution in [2.45, 2.75) is 44.6 Å². The minimum atomic E-state index is -4.27. The number of sulfone groups is 1. The standard InChI is InChI=1S/C27H33ClF5N5O4S/c1-16-15-38(11-10-37(16)9-8-27(31,32)33)22-13-18(28)4-6-21(22)36-25(39)19-5-3-17(23(29)24(19)30)14-35-26(40)20(34)7-12-43(2,41)42/h3-6,13,16,20H,7-12,14-15,34H2,1-2H3,(H,35,40)(H,36,39)/t16-,20-/m1/s1. The highest BCUT2D eigenvalue weighted by Crippen LogP contribution is 2.32. The van der Waals surface area contributed by atoms with E-state index >= 15 is 0 Å². The number of anilines is 2. The molecule has 1 saturated heterocycles. The molecule has 0 bridgehead atoms. The Hall–Kier alpha value is -3.01. The first kappa shape index (κ1) is 34.5. The van der Waals surface area contributed by atoms with Gasteiger partial charge in [0.1, 0.15) is 9.84 Å². The van der Waals surface area contributed by atoms with Crippen molar-refractivity contribution in [2.24, 2.45) is 5.73 Å². The maximum atomic E-state index is 15.0. The summed E-state index contributed by atoms with van der Waals surface area (Å²) in [5.41, 5.74) is 5.50. The Kier molecular flexibility index (Phi) is 11.4. The first-order valence-corrected chi connectivity index (χ1v) is 15.7. The van der Waals surface area contributed by atoms with E-state index in [1.165, 1.54) is 12.1 Å². The van der Waals surface area contributed by atoms with Crippen LogP contribution in [0.3, 0.4) is 0 Å². The third-order valence-electron chi connectivity index (χ3n) is 6.99. The first-order chi connectivity index (χ1) is 19.9. The lowest BCUT2D eigenvalue weighted by Gasteiger charge is -2.41. The van der Waals surface area contributed by atoms with Crippen LogP contribution in [0.1, 0.15) is 35.7 Å². The van der Waals surface area contributed by atoms with Gasteiger partial charge in [-0.1, -0.05) is 17.7 Å². The van der Waals surface area contributed by atoms with Gasteiger partial charge in [0.2, 0.25) is 5.91 Å². The van der Waals surface area contributed by atoms with E-state index in [0.717, 1.165) is 18.4 Å². The summed E-state index contributed by atoms with van der Waals surface area (Å²) in [6, 6.07) is 5.31. The molecule has 3 rings (SSSR count). The zero-order chi connectivity index (χ0) is 32.1. The molecule has 0 radical (unpaired) electrons. The molecule has 0 aliphatic carbocycles. The number of alkyl halides is 3. The van der Waals surface area contributed by atoms with Crippen LogP contribution in [0.4, 0.5) is 33.3 Å². The number of benzene rings is 2. The Labute approximate surface area is 251 Å². The van der Waals surface area contributed by atoms with Crippen molar-refractivity contribution in [2.75, 3.05) is 48.4 Å². The van der Waals surface area contributed by atoms with Crippen LogP contribution in [0.15, 0.2) is 30.3 Å². The summed E-state index contributed by atoms with van der Waals surface area (Å²) in [6.45, 7) is 2.20. The number of hydrogen-bond donors (Lipinski definition) is 3. The highest BCUT2D eigenvalue weighted by Gasteiger charge is 2.32. The van der Waals surface area contributed by atoms with Crippen LogP contribution < -0.4 is 21.3 Å². The van der Waals surface area contributed by atoms with E-state index in [4.69, 9.17) is 17.3 Å². The zero-order valence-electron chi connectivity index (χ0n) is 23.5. The summed E-state index contributed by atoms with van der Waals surface area (Å²) in [6.07, 6.45) is -4.35. The molecule has 2 aromatic carbocycles. The van der Waals surface area contributed by atoms with Gasteiger partial charge in [-0.05, 0) is 37.6 Å². The Morgan fingerprint density at radius 2 is 1.84 bits per heavy atom. The number of nitrogens with one attached hydrogen (secondary N) is 2. The molecule has 0 saturated carbocycles. The van der Waals surface area contributed by atoms with E-state index in [1.54, 1.807) is 17.9 Å². The van der Waals surface area contributed by atoms with E-state index < -0.39 is 64.0 Å². The molecule has 1 aliphatic heterocycles. The fourth-order valence-electron chi connectivity index (χ4n) is 4.57. The van der Waals surface area contributed by atoms with Gasteiger partial charge in [-0.25, -0.2) is 17.2 Å². The molecule has 1 aliphatic rings. The number of nitrogens with two attached hydrogens (primary N) is 1. The Balaban J connectivity index is 1.69. The number of halogens is 6. The average Bonchev–Trinajstić information content (AvgIpc) is 2.91. The van der Waals surface area contributed by atoms with E-state index in [0.29, 0.717) is 30.3 Å². The van der Waals surface area contributed by atoms with Crippen molar-refractivity contribution >= 4 is 44.6 Å². The minimum Gasteiger partial charge on any atom is -0.367 e. The van der Waals surface area contributed by atoms with Crippen LogP contribution in [-0.2, 0) is 21.2 Å². The third-order valence-corrected chi connectivity index (χ3v) is 8.21. The van der Waals surface area contributed by atoms with Gasteiger partial charge in [0.15, 0.2) is 11.6 Å². The van der Waals surface area contributed by atoms with E-state index in [2.05, 4.69) is 10.6 Å². The first-order valence-electron chi connectivity index (χ1n) is 13.3. The minimum absolute atomic E-state index is 0.141. The normalized spacial score (nSPS) is 17.0. The topological polar surface area (TPSA) is 125 Å². The van der Waals surface area contributed by atoms with Crippen LogP contribution in [0, 0.1) is 11.6 Å². The Bertz CT molecular complexity index is 1440. The van der Waals surface area contributed by atoms with Crippen LogP contribution in [-0.4, -0.2) is 81.6 Å². The second kappa shape index (κ2) is 14.2. The van der Waals surface area contributed by atoms with Crippen LogP contribution in [0.5, 0.6) is 0 Å². The molecule has 16 heteroatoms. The maximum absolute atomic E-state index is 15.0. The molecular formula is C27H33ClF5N5O4S. The van der Waals surface area contributed by atoms with Crippen molar-refractivity contribution in [3.8, 4) is 0 Å². The SMILES string of the molecule is C[C@@H]1CN(c2cc(Cl)ccc2NC(=O)c2ccc(CNC(=O)[C@H](N)CCS(C)(=O)=O)c(F)c2F)CCN1CCC(F)(F)F. The molecule has 0 unspecified atom stereocenters. The fourth-order valence-corrected chi connectivity index (χ4v) is 5.41. The molecule has 2 amide bonds. The van der Waals surface area contributed by atoms with Gasteiger partial charge in [0, 0.05) is 55.6 Å². The highest BCUT2D eigenvalue weighted by molar-refractivity contribution is 7.90. The zero-order valence-corrected chi connectivity index (χ0v) is 25.1. The predicted molar refractivity (Wildman–Crippen MR) is 154 cm³/mol. The van der Waals surface area contributed by atoms with Gasteiger partial charge in [-0.15, -0.1) is 0 Å². The van der Waals surface area contributed by atoms with Gasteiger partial charge in [-0.2, -0.15) is 13.2 Å². The largest absolute Gasteiger partial charge is 0.390 e.